The van der Waals surface area contributed by atoms with Crippen LogP contribution in [0.2, 0.25) is 0 Å². The highest BCUT2D eigenvalue weighted by Crippen LogP contribution is 1.96. The predicted molar refractivity (Wildman–Crippen MR) is 48.0 cm³/mol. The SMILES string of the molecule is O=CNCNC(=O)c1ccccc1. The second kappa shape index (κ2) is 4.92. The van der Waals surface area contributed by atoms with E-state index in [1.54, 1.807) is 24.3 Å². The van der Waals surface area contributed by atoms with E-state index in [9.17, 15) is 9.59 Å². The fraction of sp³-hybridized carbons (Fsp3) is 0.111. The van der Waals surface area contributed by atoms with Crippen LogP contribution in [-0.4, -0.2) is 19.0 Å². The number of amides is 2. The minimum Gasteiger partial charge on any atom is -0.341 e. The topological polar surface area (TPSA) is 58.2 Å². The lowest BCUT2D eigenvalue weighted by Gasteiger charge is -2.02. The molecule has 1 rings (SSSR count). The maximum Gasteiger partial charge on any atom is 0.252 e. The first-order valence-electron chi connectivity index (χ1n) is 3.85. The molecule has 0 aromatic heterocycles. The number of benzene rings is 1. The average molecular weight is 178 g/mol. The van der Waals surface area contributed by atoms with Crippen LogP contribution in [0, 0.1) is 0 Å². The molecule has 0 aliphatic rings. The third-order valence-electron chi connectivity index (χ3n) is 1.47. The van der Waals surface area contributed by atoms with E-state index in [2.05, 4.69) is 10.6 Å². The molecule has 0 atom stereocenters. The fourth-order valence-electron chi connectivity index (χ4n) is 0.865. The largest absolute Gasteiger partial charge is 0.341 e. The molecule has 0 heterocycles. The van der Waals surface area contributed by atoms with Gasteiger partial charge in [-0.15, -0.1) is 0 Å². The Labute approximate surface area is 75.9 Å². The predicted octanol–water partition coefficient (Wildman–Crippen LogP) is 0.120. The molecule has 0 saturated heterocycles. The van der Waals surface area contributed by atoms with Crippen molar-refractivity contribution in [1.29, 1.82) is 0 Å². The zero-order valence-electron chi connectivity index (χ0n) is 6.99. The number of carbonyl (C=O) groups excluding carboxylic acids is 2. The zero-order chi connectivity index (χ0) is 9.52. The van der Waals surface area contributed by atoms with Crippen LogP contribution < -0.4 is 10.6 Å². The van der Waals surface area contributed by atoms with Gasteiger partial charge in [0.05, 0.1) is 6.67 Å². The second-order valence-corrected chi connectivity index (χ2v) is 2.37. The Hall–Kier alpha value is -1.84. The Morgan fingerprint density at radius 1 is 1.31 bits per heavy atom. The van der Waals surface area contributed by atoms with E-state index < -0.39 is 0 Å². The van der Waals surface area contributed by atoms with Gasteiger partial charge in [0.1, 0.15) is 0 Å². The van der Waals surface area contributed by atoms with Gasteiger partial charge in [0, 0.05) is 5.56 Å². The van der Waals surface area contributed by atoms with Gasteiger partial charge in [0.25, 0.3) is 5.91 Å². The van der Waals surface area contributed by atoms with Gasteiger partial charge in [0.2, 0.25) is 6.41 Å². The summed E-state index contributed by atoms with van der Waals surface area (Å²) >= 11 is 0. The summed E-state index contributed by atoms with van der Waals surface area (Å²) in [5, 5.41) is 4.85. The Morgan fingerprint density at radius 2 is 2.00 bits per heavy atom. The molecular weight excluding hydrogens is 168 g/mol. The summed E-state index contributed by atoms with van der Waals surface area (Å²) in [5.74, 6) is -0.199. The van der Waals surface area contributed by atoms with E-state index in [4.69, 9.17) is 0 Å². The van der Waals surface area contributed by atoms with Crippen molar-refractivity contribution in [2.24, 2.45) is 0 Å². The van der Waals surface area contributed by atoms with Crippen LogP contribution in [0.1, 0.15) is 10.4 Å². The zero-order valence-corrected chi connectivity index (χ0v) is 6.99. The van der Waals surface area contributed by atoms with E-state index >= 15 is 0 Å². The minimum atomic E-state index is -0.199. The molecule has 0 fully saturated rings. The van der Waals surface area contributed by atoms with Crippen LogP contribution >= 0.6 is 0 Å². The van der Waals surface area contributed by atoms with Gasteiger partial charge in [-0.3, -0.25) is 9.59 Å². The molecule has 0 unspecified atom stereocenters. The lowest BCUT2D eigenvalue weighted by Crippen LogP contribution is -2.32. The lowest BCUT2D eigenvalue weighted by molar-refractivity contribution is -0.109. The van der Waals surface area contributed by atoms with Crippen LogP contribution in [0.5, 0.6) is 0 Å². The fourth-order valence-corrected chi connectivity index (χ4v) is 0.865. The number of hydrogen-bond donors (Lipinski definition) is 2. The minimum absolute atomic E-state index is 0.150. The van der Waals surface area contributed by atoms with Crippen LogP contribution in [0.15, 0.2) is 30.3 Å². The molecule has 0 radical (unpaired) electrons. The first kappa shape index (κ1) is 9.25. The molecule has 0 spiro atoms. The molecular formula is C9H10N2O2. The highest BCUT2D eigenvalue weighted by Gasteiger charge is 2.01. The summed E-state index contributed by atoms with van der Waals surface area (Å²) in [7, 11) is 0. The standard InChI is InChI=1S/C9H10N2O2/c12-7-10-6-11-9(13)8-4-2-1-3-5-8/h1-5,7H,6H2,(H,10,12)(H,11,13). The molecule has 1 aromatic rings. The number of rotatable bonds is 4. The molecule has 0 bridgehead atoms. The molecule has 68 valence electrons. The van der Waals surface area contributed by atoms with E-state index in [0.717, 1.165) is 0 Å². The third-order valence-corrected chi connectivity index (χ3v) is 1.47. The van der Waals surface area contributed by atoms with Crippen molar-refractivity contribution in [1.82, 2.24) is 10.6 Å². The maximum absolute atomic E-state index is 11.3. The van der Waals surface area contributed by atoms with E-state index in [0.29, 0.717) is 12.0 Å². The van der Waals surface area contributed by atoms with Crippen LogP contribution in [-0.2, 0) is 4.79 Å². The number of carbonyl (C=O) groups is 2. The normalized spacial score (nSPS) is 8.92. The van der Waals surface area contributed by atoms with Crippen LogP contribution in [0.25, 0.3) is 0 Å². The first-order valence-corrected chi connectivity index (χ1v) is 3.85. The van der Waals surface area contributed by atoms with Crippen molar-refractivity contribution >= 4 is 12.3 Å². The molecule has 2 N–H and O–H groups in total. The van der Waals surface area contributed by atoms with Gasteiger partial charge in [-0.2, -0.15) is 0 Å². The Morgan fingerprint density at radius 3 is 2.62 bits per heavy atom. The Balaban J connectivity index is 2.45. The van der Waals surface area contributed by atoms with Crippen molar-refractivity contribution in [3.05, 3.63) is 35.9 Å². The summed E-state index contributed by atoms with van der Waals surface area (Å²) in [4.78, 5) is 21.1. The lowest BCUT2D eigenvalue weighted by atomic mass is 10.2. The highest BCUT2D eigenvalue weighted by atomic mass is 16.2. The van der Waals surface area contributed by atoms with Crippen molar-refractivity contribution in [2.75, 3.05) is 6.67 Å². The highest BCUT2D eigenvalue weighted by molar-refractivity contribution is 5.94. The Bertz CT molecular complexity index is 285. The van der Waals surface area contributed by atoms with E-state index in [-0.39, 0.29) is 12.6 Å². The Kier molecular flexibility index (Phi) is 3.50. The van der Waals surface area contributed by atoms with Gasteiger partial charge < -0.3 is 10.6 Å². The van der Waals surface area contributed by atoms with Gasteiger partial charge in [0.15, 0.2) is 0 Å². The van der Waals surface area contributed by atoms with E-state index in [1.807, 2.05) is 6.07 Å². The third kappa shape index (κ3) is 2.94. The van der Waals surface area contributed by atoms with Gasteiger partial charge in [-0.1, -0.05) is 18.2 Å². The van der Waals surface area contributed by atoms with Gasteiger partial charge >= 0.3 is 0 Å². The molecule has 0 aliphatic carbocycles. The van der Waals surface area contributed by atoms with Gasteiger partial charge in [-0.25, -0.2) is 0 Å². The number of hydrogen-bond acceptors (Lipinski definition) is 2. The van der Waals surface area contributed by atoms with Crippen molar-refractivity contribution in [2.45, 2.75) is 0 Å². The summed E-state index contributed by atoms with van der Waals surface area (Å²) in [5.41, 5.74) is 0.579. The molecule has 2 amide bonds. The molecule has 4 heteroatoms. The molecule has 4 nitrogen and oxygen atoms in total. The second-order valence-electron chi connectivity index (χ2n) is 2.37. The average Bonchev–Trinajstić information content (AvgIpc) is 2.19. The van der Waals surface area contributed by atoms with Crippen LogP contribution in [0.3, 0.4) is 0 Å². The molecule has 1 aromatic carbocycles. The molecule has 0 aliphatic heterocycles. The summed E-state index contributed by atoms with van der Waals surface area (Å²) in [6, 6.07) is 8.80. The smallest absolute Gasteiger partial charge is 0.252 e. The summed E-state index contributed by atoms with van der Waals surface area (Å²) in [6.07, 6.45) is 0.533. The monoisotopic (exact) mass is 178 g/mol. The quantitative estimate of drug-likeness (QED) is 0.391. The first-order chi connectivity index (χ1) is 6.34. The molecule has 13 heavy (non-hydrogen) atoms. The summed E-state index contributed by atoms with van der Waals surface area (Å²) in [6.45, 7) is 0.150. The van der Waals surface area contributed by atoms with Crippen molar-refractivity contribution in [3.8, 4) is 0 Å². The van der Waals surface area contributed by atoms with Crippen LogP contribution in [0.4, 0.5) is 0 Å². The number of nitrogens with one attached hydrogen (secondary N) is 2. The van der Waals surface area contributed by atoms with Gasteiger partial charge in [-0.05, 0) is 12.1 Å². The summed E-state index contributed by atoms with van der Waals surface area (Å²) < 4.78 is 0. The van der Waals surface area contributed by atoms with Crippen molar-refractivity contribution in [3.63, 3.8) is 0 Å². The van der Waals surface area contributed by atoms with E-state index in [1.165, 1.54) is 0 Å². The maximum atomic E-state index is 11.3. The molecule has 0 saturated carbocycles. The van der Waals surface area contributed by atoms with Crippen molar-refractivity contribution < 1.29 is 9.59 Å².